The average molecular weight is 351 g/mol. The first-order valence-electron chi connectivity index (χ1n) is 9.95. The molecular weight excluding hydrogens is 318 g/mol. The van der Waals surface area contributed by atoms with Gasteiger partial charge < -0.3 is 14.5 Å². The number of likely N-dealkylation sites (tertiary alicyclic amines) is 1. The fourth-order valence-corrected chi connectivity index (χ4v) is 3.89. The third kappa shape index (κ3) is 4.94. The van der Waals surface area contributed by atoms with E-state index in [1.165, 1.54) is 0 Å². The van der Waals surface area contributed by atoms with E-state index in [-0.39, 0.29) is 23.8 Å². The molecule has 3 rings (SSSR count). The van der Waals surface area contributed by atoms with E-state index in [1.807, 2.05) is 18.7 Å². The molecule has 0 aromatic carbocycles. The van der Waals surface area contributed by atoms with E-state index in [2.05, 4.69) is 9.80 Å². The van der Waals surface area contributed by atoms with E-state index >= 15 is 0 Å². The predicted octanol–water partition coefficient (Wildman–Crippen LogP) is 1.20. The van der Waals surface area contributed by atoms with Crippen LogP contribution in [-0.4, -0.2) is 85.0 Å². The Kier molecular flexibility index (Phi) is 6.34. The van der Waals surface area contributed by atoms with Crippen LogP contribution in [0.3, 0.4) is 0 Å². The molecule has 1 atom stereocenters. The van der Waals surface area contributed by atoms with Crippen molar-refractivity contribution in [3.63, 3.8) is 0 Å². The van der Waals surface area contributed by atoms with Crippen LogP contribution in [0.4, 0.5) is 0 Å². The molecule has 2 aliphatic heterocycles. The first kappa shape index (κ1) is 18.6. The van der Waals surface area contributed by atoms with Crippen LogP contribution in [0.1, 0.15) is 39.5 Å². The lowest BCUT2D eigenvalue weighted by atomic mass is 10.0. The minimum absolute atomic E-state index is 0.0275. The second kappa shape index (κ2) is 8.49. The fourth-order valence-electron chi connectivity index (χ4n) is 3.89. The SMILES string of the molecule is CC(C)C(=O)N1CCCC(N(CCN2CCOCC2)C(=O)C2CC2)C1. The van der Waals surface area contributed by atoms with Gasteiger partial charge in [0.15, 0.2) is 0 Å². The molecule has 0 aromatic rings. The smallest absolute Gasteiger partial charge is 0.226 e. The molecule has 0 radical (unpaired) electrons. The van der Waals surface area contributed by atoms with Crippen molar-refractivity contribution in [2.24, 2.45) is 11.8 Å². The monoisotopic (exact) mass is 351 g/mol. The Morgan fingerprint density at radius 3 is 2.48 bits per heavy atom. The molecule has 0 aromatic heterocycles. The standard InChI is InChI=1S/C19H33N3O3/c1-15(2)18(23)21-7-3-4-17(14-21)22(19(24)16-5-6-16)9-8-20-10-12-25-13-11-20/h15-17H,3-14H2,1-2H3. The molecule has 3 aliphatic rings. The minimum Gasteiger partial charge on any atom is -0.379 e. The first-order valence-corrected chi connectivity index (χ1v) is 9.95. The van der Waals surface area contributed by atoms with E-state index in [0.29, 0.717) is 12.5 Å². The highest BCUT2D eigenvalue weighted by atomic mass is 16.5. The summed E-state index contributed by atoms with van der Waals surface area (Å²) in [5, 5.41) is 0. The Hall–Kier alpha value is -1.14. The van der Waals surface area contributed by atoms with Gasteiger partial charge in [-0.1, -0.05) is 13.8 Å². The normalized spacial score (nSPS) is 25.2. The van der Waals surface area contributed by atoms with Gasteiger partial charge in [0.05, 0.1) is 13.2 Å². The van der Waals surface area contributed by atoms with E-state index in [1.54, 1.807) is 0 Å². The van der Waals surface area contributed by atoms with Crippen molar-refractivity contribution in [1.82, 2.24) is 14.7 Å². The highest BCUT2D eigenvalue weighted by molar-refractivity contribution is 5.82. The lowest BCUT2D eigenvalue weighted by Crippen LogP contribution is -2.54. The van der Waals surface area contributed by atoms with Crippen LogP contribution in [0.5, 0.6) is 0 Å². The summed E-state index contributed by atoms with van der Waals surface area (Å²) in [5.74, 6) is 0.800. The van der Waals surface area contributed by atoms with Gasteiger partial charge in [-0.05, 0) is 25.7 Å². The van der Waals surface area contributed by atoms with Crippen LogP contribution in [0.15, 0.2) is 0 Å². The van der Waals surface area contributed by atoms with Crippen molar-refractivity contribution in [2.45, 2.75) is 45.6 Å². The third-order valence-electron chi connectivity index (χ3n) is 5.61. The molecular formula is C19H33N3O3. The molecule has 1 saturated carbocycles. The first-order chi connectivity index (χ1) is 12.1. The van der Waals surface area contributed by atoms with Gasteiger partial charge in [0.25, 0.3) is 0 Å². The van der Waals surface area contributed by atoms with Crippen molar-refractivity contribution in [3.8, 4) is 0 Å². The number of carbonyl (C=O) groups is 2. The zero-order valence-corrected chi connectivity index (χ0v) is 15.8. The number of ether oxygens (including phenoxy) is 1. The van der Waals surface area contributed by atoms with E-state index in [9.17, 15) is 9.59 Å². The summed E-state index contributed by atoms with van der Waals surface area (Å²) in [6.07, 6.45) is 4.08. The Morgan fingerprint density at radius 1 is 1.12 bits per heavy atom. The number of rotatable bonds is 6. The Morgan fingerprint density at radius 2 is 1.84 bits per heavy atom. The molecule has 0 spiro atoms. The molecule has 142 valence electrons. The summed E-state index contributed by atoms with van der Waals surface area (Å²) < 4.78 is 5.41. The van der Waals surface area contributed by atoms with Crippen LogP contribution >= 0.6 is 0 Å². The summed E-state index contributed by atoms with van der Waals surface area (Å²) >= 11 is 0. The fraction of sp³-hybridized carbons (Fsp3) is 0.895. The quantitative estimate of drug-likeness (QED) is 0.722. The van der Waals surface area contributed by atoms with Gasteiger partial charge in [-0.2, -0.15) is 0 Å². The number of morpholine rings is 1. The number of nitrogens with zero attached hydrogens (tertiary/aromatic N) is 3. The Labute approximate surface area is 151 Å². The highest BCUT2D eigenvalue weighted by Gasteiger charge is 2.38. The molecule has 0 bridgehead atoms. The lowest BCUT2D eigenvalue weighted by molar-refractivity contribution is -0.142. The van der Waals surface area contributed by atoms with Gasteiger partial charge in [0.2, 0.25) is 11.8 Å². The molecule has 0 N–H and O–H groups in total. The molecule has 1 aliphatic carbocycles. The van der Waals surface area contributed by atoms with Gasteiger partial charge in [-0.25, -0.2) is 0 Å². The summed E-state index contributed by atoms with van der Waals surface area (Å²) in [6.45, 7) is 10.6. The van der Waals surface area contributed by atoms with Gasteiger partial charge in [0, 0.05) is 57.1 Å². The van der Waals surface area contributed by atoms with Gasteiger partial charge >= 0.3 is 0 Å². The molecule has 2 heterocycles. The second-order valence-electron chi connectivity index (χ2n) is 7.99. The summed E-state index contributed by atoms with van der Waals surface area (Å²) in [7, 11) is 0. The van der Waals surface area contributed by atoms with Crippen molar-refractivity contribution >= 4 is 11.8 Å². The number of piperidine rings is 1. The van der Waals surface area contributed by atoms with Crippen molar-refractivity contribution in [2.75, 3.05) is 52.5 Å². The number of hydrogen-bond donors (Lipinski definition) is 0. The van der Waals surface area contributed by atoms with E-state index < -0.39 is 0 Å². The zero-order chi connectivity index (χ0) is 17.8. The third-order valence-corrected chi connectivity index (χ3v) is 5.61. The van der Waals surface area contributed by atoms with Crippen molar-refractivity contribution in [3.05, 3.63) is 0 Å². The molecule has 6 nitrogen and oxygen atoms in total. The van der Waals surface area contributed by atoms with E-state index in [0.717, 1.165) is 71.6 Å². The minimum atomic E-state index is 0.0275. The lowest BCUT2D eigenvalue weighted by Gasteiger charge is -2.41. The topological polar surface area (TPSA) is 53.1 Å². The molecule has 2 amide bonds. The Bertz CT molecular complexity index is 473. The van der Waals surface area contributed by atoms with Crippen LogP contribution in [0, 0.1) is 11.8 Å². The molecule has 3 fully saturated rings. The Balaban J connectivity index is 1.61. The predicted molar refractivity (Wildman–Crippen MR) is 96.1 cm³/mol. The average Bonchev–Trinajstić information content (AvgIpc) is 3.47. The molecule has 6 heteroatoms. The highest BCUT2D eigenvalue weighted by Crippen LogP contribution is 2.32. The van der Waals surface area contributed by atoms with Crippen LogP contribution < -0.4 is 0 Å². The number of hydrogen-bond acceptors (Lipinski definition) is 4. The largest absolute Gasteiger partial charge is 0.379 e. The molecule has 2 saturated heterocycles. The van der Waals surface area contributed by atoms with Crippen LogP contribution in [0.25, 0.3) is 0 Å². The second-order valence-corrected chi connectivity index (χ2v) is 7.99. The number of amides is 2. The summed E-state index contributed by atoms with van der Waals surface area (Å²) in [4.78, 5) is 31.7. The summed E-state index contributed by atoms with van der Waals surface area (Å²) in [5.41, 5.74) is 0. The van der Waals surface area contributed by atoms with Crippen molar-refractivity contribution < 1.29 is 14.3 Å². The maximum Gasteiger partial charge on any atom is 0.226 e. The molecule has 1 unspecified atom stereocenters. The number of carbonyl (C=O) groups excluding carboxylic acids is 2. The van der Waals surface area contributed by atoms with E-state index in [4.69, 9.17) is 4.74 Å². The van der Waals surface area contributed by atoms with Gasteiger partial charge in [-0.15, -0.1) is 0 Å². The summed E-state index contributed by atoms with van der Waals surface area (Å²) in [6, 6.07) is 0.186. The van der Waals surface area contributed by atoms with Gasteiger partial charge in [0.1, 0.15) is 0 Å². The van der Waals surface area contributed by atoms with Crippen LogP contribution in [0.2, 0.25) is 0 Å². The maximum atomic E-state index is 12.9. The molecule has 25 heavy (non-hydrogen) atoms. The maximum absolute atomic E-state index is 12.9. The zero-order valence-electron chi connectivity index (χ0n) is 15.8. The van der Waals surface area contributed by atoms with Crippen molar-refractivity contribution in [1.29, 1.82) is 0 Å². The van der Waals surface area contributed by atoms with Gasteiger partial charge in [-0.3, -0.25) is 14.5 Å². The van der Waals surface area contributed by atoms with Crippen LogP contribution in [-0.2, 0) is 14.3 Å².